The Bertz CT molecular complexity index is 343. The first-order chi connectivity index (χ1) is 8.00. The van der Waals surface area contributed by atoms with Gasteiger partial charge in [-0.3, -0.25) is 0 Å². The lowest BCUT2D eigenvalue weighted by molar-refractivity contribution is -0.0318. The van der Waals surface area contributed by atoms with Crippen molar-refractivity contribution in [3.63, 3.8) is 0 Å². The van der Waals surface area contributed by atoms with Gasteiger partial charge in [-0.25, -0.2) is 4.68 Å². The number of aromatic nitrogens is 3. The number of rotatable bonds is 6. The molecule has 2 unspecified atom stereocenters. The van der Waals surface area contributed by atoms with Crippen LogP contribution in [0.3, 0.4) is 0 Å². The molecule has 6 heteroatoms. The van der Waals surface area contributed by atoms with Gasteiger partial charge in [-0.2, -0.15) is 0 Å². The fourth-order valence-electron chi connectivity index (χ4n) is 1.92. The van der Waals surface area contributed by atoms with E-state index in [4.69, 9.17) is 4.74 Å². The first kappa shape index (κ1) is 14.6. The van der Waals surface area contributed by atoms with E-state index < -0.39 is 0 Å². The van der Waals surface area contributed by atoms with Crippen molar-refractivity contribution in [2.75, 3.05) is 13.7 Å². The van der Waals surface area contributed by atoms with Gasteiger partial charge in [-0.15, -0.1) is 5.10 Å². The quantitative estimate of drug-likeness (QED) is 0.874. The van der Waals surface area contributed by atoms with Gasteiger partial charge in [0, 0.05) is 14.2 Å². The third-order valence-electron chi connectivity index (χ3n) is 3.29. The van der Waals surface area contributed by atoms with Crippen LogP contribution in [0.1, 0.15) is 38.9 Å². The maximum atomic E-state index is 5.68. The molecule has 0 saturated carbocycles. The standard InChI is InChI=1S/C11H21BrN4O/c1-6-11(3,17-5)9(13-7-2)8-10(12)14-15-16(8)4/h9,13H,6-7H2,1-5H3. The average molecular weight is 305 g/mol. The van der Waals surface area contributed by atoms with Gasteiger partial charge in [-0.05, 0) is 35.8 Å². The zero-order valence-corrected chi connectivity index (χ0v) is 12.7. The van der Waals surface area contributed by atoms with Crippen LogP contribution in [0.25, 0.3) is 0 Å². The average Bonchev–Trinajstić information content (AvgIpc) is 2.65. The Kier molecular flexibility index (Phi) is 5.09. The fourth-order valence-corrected chi connectivity index (χ4v) is 2.47. The molecule has 0 spiro atoms. The molecule has 0 aliphatic rings. The lowest BCUT2D eigenvalue weighted by atomic mass is 9.90. The normalized spacial score (nSPS) is 16.8. The van der Waals surface area contributed by atoms with Crippen LogP contribution < -0.4 is 5.32 Å². The molecule has 0 saturated heterocycles. The molecule has 1 rings (SSSR count). The molecule has 0 aromatic carbocycles. The van der Waals surface area contributed by atoms with E-state index in [1.165, 1.54) is 0 Å². The lowest BCUT2D eigenvalue weighted by Crippen LogP contribution is -2.44. The molecule has 0 amide bonds. The van der Waals surface area contributed by atoms with E-state index in [1.807, 2.05) is 7.05 Å². The van der Waals surface area contributed by atoms with Gasteiger partial charge in [0.15, 0.2) is 4.60 Å². The zero-order valence-electron chi connectivity index (χ0n) is 11.1. The molecule has 1 aromatic rings. The smallest absolute Gasteiger partial charge is 0.153 e. The van der Waals surface area contributed by atoms with Crippen molar-refractivity contribution in [3.8, 4) is 0 Å². The largest absolute Gasteiger partial charge is 0.376 e. The monoisotopic (exact) mass is 304 g/mol. The topological polar surface area (TPSA) is 52.0 Å². The minimum atomic E-state index is -0.284. The molecule has 0 bridgehead atoms. The van der Waals surface area contributed by atoms with E-state index >= 15 is 0 Å². The third-order valence-corrected chi connectivity index (χ3v) is 3.85. The van der Waals surface area contributed by atoms with Gasteiger partial charge in [-0.1, -0.05) is 19.1 Å². The minimum Gasteiger partial charge on any atom is -0.376 e. The van der Waals surface area contributed by atoms with Gasteiger partial charge in [0.25, 0.3) is 0 Å². The predicted molar refractivity (Wildman–Crippen MR) is 70.8 cm³/mol. The lowest BCUT2D eigenvalue weighted by Gasteiger charge is -2.36. The van der Waals surface area contributed by atoms with Crippen LogP contribution in [-0.2, 0) is 11.8 Å². The molecule has 98 valence electrons. The van der Waals surface area contributed by atoms with E-state index in [0.29, 0.717) is 0 Å². The van der Waals surface area contributed by atoms with Gasteiger partial charge in [0.1, 0.15) is 0 Å². The molecule has 1 aromatic heterocycles. The molecule has 1 N–H and O–H groups in total. The van der Waals surface area contributed by atoms with Gasteiger partial charge < -0.3 is 10.1 Å². The van der Waals surface area contributed by atoms with E-state index in [9.17, 15) is 0 Å². The van der Waals surface area contributed by atoms with Crippen molar-refractivity contribution < 1.29 is 4.74 Å². The molecule has 2 atom stereocenters. The van der Waals surface area contributed by atoms with Gasteiger partial charge in [0.05, 0.1) is 17.3 Å². The van der Waals surface area contributed by atoms with Crippen LogP contribution in [0.5, 0.6) is 0 Å². The Labute approximate surface area is 111 Å². The van der Waals surface area contributed by atoms with E-state index in [1.54, 1.807) is 11.8 Å². The van der Waals surface area contributed by atoms with Crippen LogP contribution >= 0.6 is 15.9 Å². The fraction of sp³-hybridized carbons (Fsp3) is 0.818. The second-order valence-corrected chi connectivity index (χ2v) is 5.00. The molecule has 0 fully saturated rings. The third kappa shape index (κ3) is 2.86. The van der Waals surface area contributed by atoms with E-state index in [-0.39, 0.29) is 11.6 Å². The summed E-state index contributed by atoms with van der Waals surface area (Å²) in [5.41, 5.74) is 0.728. The van der Waals surface area contributed by atoms with Crippen molar-refractivity contribution >= 4 is 15.9 Å². The second-order valence-electron chi connectivity index (χ2n) is 4.25. The number of likely N-dealkylation sites (N-methyl/N-ethyl adjacent to an activating group) is 1. The highest BCUT2D eigenvalue weighted by atomic mass is 79.9. The van der Waals surface area contributed by atoms with Crippen LogP contribution in [0.15, 0.2) is 4.60 Å². The second kappa shape index (κ2) is 5.93. The highest BCUT2D eigenvalue weighted by Gasteiger charge is 2.36. The van der Waals surface area contributed by atoms with E-state index in [0.717, 1.165) is 23.3 Å². The summed E-state index contributed by atoms with van der Waals surface area (Å²) in [6, 6.07) is 0.0527. The first-order valence-corrected chi connectivity index (χ1v) is 6.63. The number of aryl methyl sites for hydroxylation is 1. The SMILES string of the molecule is CCNC(c1c(Br)nnn1C)C(C)(CC)OC. The summed E-state index contributed by atoms with van der Waals surface area (Å²) >= 11 is 3.45. The highest BCUT2D eigenvalue weighted by Crippen LogP contribution is 2.34. The summed E-state index contributed by atoms with van der Waals surface area (Å²) < 4.78 is 8.23. The number of halogens is 1. The van der Waals surface area contributed by atoms with E-state index in [2.05, 4.69) is 52.3 Å². The summed E-state index contributed by atoms with van der Waals surface area (Å²) in [7, 11) is 3.63. The molecule has 5 nitrogen and oxygen atoms in total. The summed E-state index contributed by atoms with van der Waals surface area (Å²) in [5, 5.41) is 11.5. The number of methoxy groups -OCH3 is 1. The maximum absolute atomic E-state index is 5.68. The minimum absolute atomic E-state index is 0.0527. The Morgan fingerprint density at radius 2 is 2.18 bits per heavy atom. The summed E-state index contributed by atoms with van der Waals surface area (Å²) in [5.74, 6) is 0. The Hall–Kier alpha value is -0.460. The van der Waals surface area contributed by atoms with Crippen LogP contribution in [0.4, 0.5) is 0 Å². The van der Waals surface area contributed by atoms with Crippen molar-refractivity contribution in [2.24, 2.45) is 7.05 Å². The molecule has 0 aliphatic carbocycles. The van der Waals surface area contributed by atoms with Crippen molar-refractivity contribution in [1.29, 1.82) is 0 Å². The number of hydrogen-bond acceptors (Lipinski definition) is 4. The van der Waals surface area contributed by atoms with Crippen molar-refractivity contribution in [3.05, 3.63) is 10.3 Å². The number of nitrogens with zero attached hydrogens (tertiary/aromatic N) is 3. The predicted octanol–water partition coefficient (Wildman–Crippen LogP) is 2.04. The number of hydrogen-bond donors (Lipinski definition) is 1. The van der Waals surface area contributed by atoms with Crippen molar-refractivity contribution in [1.82, 2.24) is 20.3 Å². The van der Waals surface area contributed by atoms with Crippen LogP contribution in [-0.4, -0.2) is 34.2 Å². The highest BCUT2D eigenvalue weighted by molar-refractivity contribution is 9.10. The van der Waals surface area contributed by atoms with Crippen LogP contribution in [0.2, 0.25) is 0 Å². The molecule has 0 radical (unpaired) electrons. The molecular formula is C11H21BrN4O. The summed E-state index contributed by atoms with van der Waals surface area (Å²) in [6.07, 6.45) is 0.902. The maximum Gasteiger partial charge on any atom is 0.153 e. The van der Waals surface area contributed by atoms with Gasteiger partial charge >= 0.3 is 0 Å². The summed E-state index contributed by atoms with van der Waals surface area (Å²) in [6.45, 7) is 7.16. The van der Waals surface area contributed by atoms with Crippen molar-refractivity contribution in [2.45, 2.75) is 38.8 Å². The Morgan fingerprint density at radius 3 is 2.53 bits per heavy atom. The summed E-state index contributed by atoms with van der Waals surface area (Å²) in [4.78, 5) is 0. The first-order valence-electron chi connectivity index (χ1n) is 5.83. The molecule has 0 aliphatic heterocycles. The molecule has 17 heavy (non-hydrogen) atoms. The Morgan fingerprint density at radius 1 is 1.53 bits per heavy atom. The number of nitrogens with one attached hydrogen (secondary N) is 1. The molecular weight excluding hydrogens is 284 g/mol. The van der Waals surface area contributed by atoms with Gasteiger partial charge in [0.2, 0.25) is 0 Å². The number of ether oxygens (including phenoxy) is 1. The Balaban J connectivity index is 3.17. The van der Waals surface area contributed by atoms with Crippen LogP contribution in [0, 0.1) is 0 Å². The zero-order chi connectivity index (χ0) is 13.1. The molecule has 1 heterocycles.